The third-order valence-corrected chi connectivity index (χ3v) is 3.12. The van der Waals surface area contributed by atoms with Gasteiger partial charge in [-0.05, 0) is 13.8 Å². The van der Waals surface area contributed by atoms with Gasteiger partial charge in [-0.25, -0.2) is 0 Å². The molecule has 0 spiro atoms. The summed E-state index contributed by atoms with van der Waals surface area (Å²) in [6, 6.07) is 0. The van der Waals surface area contributed by atoms with Crippen molar-refractivity contribution in [3.05, 3.63) is 0 Å². The van der Waals surface area contributed by atoms with E-state index in [4.69, 9.17) is 11.6 Å². The van der Waals surface area contributed by atoms with Crippen molar-refractivity contribution in [1.29, 1.82) is 0 Å². The van der Waals surface area contributed by atoms with Gasteiger partial charge in [0.2, 0.25) is 11.8 Å². The minimum atomic E-state index is -5.69. The van der Waals surface area contributed by atoms with E-state index >= 15 is 0 Å². The Kier molecular flexibility index (Phi) is 4.96. The normalized spacial score (nSPS) is 13.9. The molecule has 0 unspecified atom stereocenters. The topological polar surface area (TPSA) is 20.3 Å². The van der Waals surface area contributed by atoms with Crippen LogP contribution in [0.5, 0.6) is 0 Å². The molecule has 0 heterocycles. The average molecular weight is 300 g/mol. The van der Waals surface area contributed by atoms with Crippen molar-refractivity contribution >= 4 is 17.5 Å². The molecule has 0 aliphatic carbocycles. The Bertz CT molecular complexity index is 297. The number of rotatable bonds is 3. The Labute approximate surface area is 105 Å². The molecule has 0 atom stereocenters. The minimum Gasteiger partial charge on any atom is -0.339 e. The molecule has 0 saturated carbocycles. The van der Waals surface area contributed by atoms with Crippen molar-refractivity contribution < 1.29 is 31.1 Å². The van der Waals surface area contributed by atoms with Crippen molar-refractivity contribution in [2.75, 3.05) is 12.9 Å². The lowest BCUT2D eigenvalue weighted by molar-refractivity contribution is -0.278. The number of halogens is 7. The van der Waals surface area contributed by atoms with E-state index in [2.05, 4.69) is 0 Å². The first-order valence-electron chi connectivity index (χ1n) is 4.72. The van der Waals surface area contributed by atoms with Crippen LogP contribution in [0.4, 0.5) is 26.3 Å². The molecule has 0 N–H and O–H groups in total. The summed E-state index contributed by atoms with van der Waals surface area (Å²) in [4.78, 5) is 11.7. The number of carbonyl (C=O) groups excluding carboxylic acids is 1. The van der Waals surface area contributed by atoms with E-state index in [0.717, 1.165) is 7.05 Å². The molecule has 0 fully saturated rings. The Morgan fingerprint density at radius 2 is 1.44 bits per heavy atom. The molecule has 0 radical (unpaired) electrons. The number of hydrogen-bond donors (Lipinski definition) is 0. The maximum absolute atomic E-state index is 12.3. The maximum Gasteiger partial charge on any atom is 0.409 e. The van der Waals surface area contributed by atoms with Gasteiger partial charge in [0.05, 0.1) is 5.54 Å². The zero-order chi connectivity index (χ0) is 14.9. The summed E-state index contributed by atoms with van der Waals surface area (Å²) >= 11 is 5.41. The lowest BCUT2D eigenvalue weighted by Crippen LogP contribution is -2.55. The molecule has 9 heteroatoms. The van der Waals surface area contributed by atoms with E-state index in [1.54, 1.807) is 0 Å². The van der Waals surface area contributed by atoms with Crippen LogP contribution in [0.2, 0.25) is 0 Å². The number of carbonyl (C=O) groups is 1. The van der Waals surface area contributed by atoms with Crippen LogP contribution in [-0.2, 0) is 4.79 Å². The monoisotopic (exact) mass is 299 g/mol. The molecule has 0 aliphatic rings. The van der Waals surface area contributed by atoms with Crippen LogP contribution < -0.4 is 0 Å². The highest BCUT2D eigenvalue weighted by atomic mass is 35.5. The highest BCUT2D eigenvalue weighted by Gasteiger charge is 2.62. The molecule has 1 amide bonds. The Hall–Kier alpha value is -0.660. The first-order chi connectivity index (χ1) is 7.75. The third kappa shape index (κ3) is 3.93. The maximum atomic E-state index is 12.3. The van der Waals surface area contributed by atoms with Crippen molar-refractivity contribution in [1.82, 2.24) is 4.90 Å². The van der Waals surface area contributed by atoms with Gasteiger partial charge in [0.15, 0.2) is 0 Å². The summed E-state index contributed by atoms with van der Waals surface area (Å²) in [5, 5.41) is 0. The molecule has 0 aromatic heterocycles. The van der Waals surface area contributed by atoms with Gasteiger partial charge in [-0.3, -0.25) is 4.79 Å². The van der Waals surface area contributed by atoms with Gasteiger partial charge in [-0.1, -0.05) is 0 Å². The standard InChI is InChI=1S/C9H12ClF6NO/c1-7(2,4-10)17(3)6(18)5(8(11,12)13)9(14,15)16/h5H,4H2,1-3H3. The molecule has 0 saturated heterocycles. The Morgan fingerprint density at radius 3 is 1.67 bits per heavy atom. The number of alkyl halides is 7. The van der Waals surface area contributed by atoms with Crippen LogP contribution in [0.3, 0.4) is 0 Å². The smallest absolute Gasteiger partial charge is 0.339 e. The summed E-state index contributed by atoms with van der Waals surface area (Å²) in [6.07, 6.45) is -11.4. The van der Waals surface area contributed by atoms with E-state index in [1.807, 2.05) is 0 Å². The first-order valence-corrected chi connectivity index (χ1v) is 5.25. The summed E-state index contributed by atoms with van der Waals surface area (Å²) in [5.74, 6) is -6.39. The zero-order valence-corrected chi connectivity index (χ0v) is 10.5. The fraction of sp³-hybridized carbons (Fsp3) is 0.889. The summed E-state index contributed by atoms with van der Waals surface area (Å²) in [5.41, 5.74) is -1.31. The van der Waals surface area contributed by atoms with Gasteiger partial charge in [0.1, 0.15) is 0 Å². The predicted octanol–water partition coefficient (Wildman–Crippen LogP) is 3.20. The molecule has 18 heavy (non-hydrogen) atoms. The van der Waals surface area contributed by atoms with Gasteiger partial charge in [0.25, 0.3) is 0 Å². The molecule has 108 valence electrons. The number of nitrogens with zero attached hydrogens (tertiary/aromatic N) is 1. The van der Waals surface area contributed by atoms with Crippen molar-refractivity contribution in [2.45, 2.75) is 31.7 Å². The molecule has 0 bridgehead atoms. The van der Waals surface area contributed by atoms with Crippen LogP contribution >= 0.6 is 11.6 Å². The lowest BCUT2D eigenvalue weighted by atomic mass is 10.0. The second-order valence-corrected chi connectivity index (χ2v) is 4.63. The fourth-order valence-electron chi connectivity index (χ4n) is 1.05. The van der Waals surface area contributed by atoms with Crippen LogP contribution in [0.1, 0.15) is 13.8 Å². The zero-order valence-electron chi connectivity index (χ0n) is 9.79. The molecule has 0 aromatic rings. The van der Waals surface area contributed by atoms with Gasteiger partial charge < -0.3 is 4.90 Å². The highest BCUT2D eigenvalue weighted by molar-refractivity contribution is 6.18. The van der Waals surface area contributed by atoms with Crippen LogP contribution in [0.25, 0.3) is 0 Å². The van der Waals surface area contributed by atoms with Crippen molar-refractivity contribution in [3.63, 3.8) is 0 Å². The van der Waals surface area contributed by atoms with E-state index in [1.165, 1.54) is 13.8 Å². The van der Waals surface area contributed by atoms with E-state index in [0.29, 0.717) is 4.90 Å². The molecular weight excluding hydrogens is 288 g/mol. The second kappa shape index (κ2) is 5.14. The lowest BCUT2D eigenvalue weighted by Gasteiger charge is -2.37. The van der Waals surface area contributed by atoms with E-state index < -0.39 is 29.7 Å². The van der Waals surface area contributed by atoms with E-state index in [9.17, 15) is 31.1 Å². The number of hydrogen-bond acceptors (Lipinski definition) is 1. The molecule has 0 aliphatic heterocycles. The van der Waals surface area contributed by atoms with Crippen LogP contribution in [0.15, 0.2) is 0 Å². The van der Waals surface area contributed by atoms with Crippen LogP contribution in [-0.4, -0.2) is 41.6 Å². The molecule has 0 aromatic carbocycles. The average Bonchev–Trinajstić information content (AvgIpc) is 2.11. The van der Waals surface area contributed by atoms with Gasteiger partial charge in [-0.2, -0.15) is 26.3 Å². The molecule has 0 rings (SSSR count). The quantitative estimate of drug-likeness (QED) is 0.579. The van der Waals surface area contributed by atoms with Gasteiger partial charge >= 0.3 is 12.4 Å². The molecule has 2 nitrogen and oxygen atoms in total. The predicted molar refractivity (Wildman–Crippen MR) is 53.2 cm³/mol. The van der Waals surface area contributed by atoms with Gasteiger partial charge in [-0.15, -0.1) is 11.6 Å². The minimum absolute atomic E-state index is 0.294. The van der Waals surface area contributed by atoms with Crippen molar-refractivity contribution in [3.8, 4) is 0 Å². The van der Waals surface area contributed by atoms with Gasteiger partial charge in [0, 0.05) is 12.9 Å². The first kappa shape index (κ1) is 17.3. The Balaban J connectivity index is 5.37. The highest BCUT2D eigenvalue weighted by Crippen LogP contribution is 2.41. The summed E-state index contributed by atoms with van der Waals surface area (Å²) in [6.45, 7) is 2.53. The summed E-state index contributed by atoms with van der Waals surface area (Å²) < 4.78 is 73.9. The van der Waals surface area contributed by atoms with E-state index in [-0.39, 0.29) is 5.88 Å². The second-order valence-electron chi connectivity index (χ2n) is 4.36. The van der Waals surface area contributed by atoms with Crippen LogP contribution in [0, 0.1) is 5.92 Å². The fourth-order valence-corrected chi connectivity index (χ4v) is 1.23. The largest absolute Gasteiger partial charge is 0.409 e. The third-order valence-electron chi connectivity index (χ3n) is 2.47. The van der Waals surface area contributed by atoms with Crippen molar-refractivity contribution in [2.24, 2.45) is 5.92 Å². The number of amides is 1. The SMILES string of the molecule is CN(C(=O)C(C(F)(F)F)C(F)(F)F)C(C)(C)CCl. The molecular formula is C9H12ClF6NO. The Morgan fingerprint density at radius 1 is 1.11 bits per heavy atom. The summed E-state index contributed by atoms with van der Waals surface area (Å²) in [7, 11) is 0.856.